The minimum Gasteiger partial charge on any atom is -0.477 e. The molecule has 102 valence electrons. The molecule has 2 aromatic rings. The van der Waals surface area contributed by atoms with E-state index in [-0.39, 0.29) is 22.6 Å². The van der Waals surface area contributed by atoms with Crippen molar-refractivity contribution in [1.82, 2.24) is 14.8 Å². The van der Waals surface area contributed by atoms with Gasteiger partial charge < -0.3 is 10.4 Å². The number of carbonyl (C=O) groups excluding carboxylic acids is 1. The van der Waals surface area contributed by atoms with E-state index >= 15 is 0 Å². The summed E-state index contributed by atoms with van der Waals surface area (Å²) < 4.78 is 1.03. The zero-order valence-electron chi connectivity index (χ0n) is 10.4. The van der Waals surface area contributed by atoms with Crippen LogP contribution in [0.15, 0.2) is 35.3 Å². The Balaban J connectivity index is 2.23. The van der Waals surface area contributed by atoms with E-state index in [9.17, 15) is 14.4 Å². The van der Waals surface area contributed by atoms with Gasteiger partial charge in [0.05, 0.1) is 0 Å². The molecule has 0 aliphatic carbocycles. The minimum absolute atomic E-state index is 0.0424. The summed E-state index contributed by atoms with van der Waals surface area (Å²) in [6.45, 7) is 0. The van der Waals surface area contributed by atoms with Crippen LogP contribution < -0.4 is 10.9 Å². The molecule has 20 heavy (non-hydrogen) atoms. The Morgan fingerprint density at radius 2 is 2.00 bits per heavy atom. The molecule has 0 saturated heterocycles. The van der Waals surface area contributed by atoms with Gasteiger partial charge >= 0.3 is 5.97 Å². The van der Waals surface area contributed by atoms with Gasteiger partial charge in [-0.15, -0.1) is 0 Å². The maximum Gasteiger partial charge on any atom is 0.354 e. The molecule has 0 unspecified atom stereocenters. The van der Waals surface area contributed by atoms with E-state index in [4.69, 9.17) is 5.11 Å². The zero-order valence-corrected chi connectivity index (χ0v) is 10.4. The van der Waals surface area contributed by atoms with Crippen LogP contribution in [0.4, 0.5) is 5.69 Å². The predicted octanol–water partition coefficient (Wildman–Crippen LogP) is 0.126. The highest BCUT2D eigenvalue weighted by Gasteiger charge is 2.11. The van der Waals surface area contributed by atoms with E-state index < -0.39 is 11.9 Å². The lowest BCUT2D eigenvalue weighted by molar-refractivity contribution is 0.0690. The van der Waals surface area contributed by atoms with Crippen molar-refractivity contribution in [2.24, 2.45) is 7.05 Å². The van der Waals surface area contributed by atoms with Crippen LogP contribution in [0.2, 0.25) is 0 Å². The van der Waals surface area contributed by atoms with Gasteiger partial charge in [0.1, 0.15) is 11.4 Å². The van der Waals surface area contributed by atoms with Gasteiger partial charge in [-0.1, -0.05) is 0 Å². The van der Waals surface area contributed by atoms with Crippen LogP contribution in [-0.2, 0) is 7.05 Å². The molecule has 0 radical (unpaired) electrons. The third kappa shape index (κ3) is 2.86. The van der Waals surface area contributed by atoms with Gasteiger partial charge in [-0.3, -0.25) is 9.59 Å². The maximum atomic E-state index is 11.9. The Bertz CT molecular complexity index is 738. The average Bonchev–Trinajstić information content (AvgIpc) is 2.42. The van der Waals surface area contributed by atoms with Gasteiger partial charge in [-0.05, 0) is 18.2 Å². The van der Waals surface area contributed by atoms with E-state index in [2.05, 4.69) is 15.4 Å². The summed E-state index contributed by atoms with van der Waals surface area (Å²) in [6, 6.07) is 5.18. The summed E-state index contributed by atoms with van der Waals surface area (Å²) in [4.78, 5) is 37.5. The van der Waals surface area contributed by atoms with Crippen LogP contribution in [0.25, 0.3) is 0 Å². The predicted molar refractivity (Wildman–Crippen MR) is 68.6 cm³/mol. The molecule has 0 spiro atoms. The van der Waals surface area contributed by atoms with Gasteiger partial charge in [0.2, 0.25) is 0 Å². The number of amides is 1. The van der Waals surface area contributed by atoms with Gasteiger partial charge in [-0.25, -0.2) is 14.5 Å². The lowest BCUT2D eigenvalue weighted by Crippen LogP contribution is -2.23. The molecule has 0 aromatic carbocycles. The number of carbonyl (C=O) groups is 2. The fourth-order valence-electron chi connectivity index (χ4n) is 1.44. The van der Waals surface area contributed by atoms with Gasteiger partial charge in [0, 0.05) is 25.0 Å². The fourth-order valence-corrected chi connectivity index (χ4v) is 1.44. The molecule has 2 N–H and O–H groups in total. The van der Waals surface area contributed by atoms with Crippen LogP contribution in [0, 0.1) is 0 Å². The molecule has 1 amide bonds. The topological polar surface area (TPSA) is 114 Å². The molecule has 0 aliphatic rings. The van der Waals surface area contributed by atoms with E-state index in [1.54, 1.807) is 0 Å². The minimum atomic E-state index is -1.19. The molecule has 2 aromatic heterocycles. The van der Waals surface area contributed by atoms with Crippen molar-refractivity contribution in [2.75, 3.05) is 5.32 Å². The Kier molecular flexibility index (Phi) is 3.56. The second-order valence-electron chi connectivity index (χ2n) is 3.87. The number of aromatic nitrogens is 3. The number of nitrogens with zero attached hydrogens (tertiary/aromatic N) is 3. The number of nitrogens with one attached hydrogen (secondary N) is 1. The average molecular weight is 274 g/mol. The Morgan fingerprint density at radius 3 is 2.65 bits per heavy atom. The fraction of sp³-hybridized carbons (Fsp3) is 0.0833. The van der Waals surface area contributed by atoms with Crippen molar-refractivity contribution in [3.8, 4) is 0 Å². The van der Waals surface area contributed by atoms with E-state index in [1.165, 1.54) is 37.5 Å². The third-order valence-electron chi connectivity index (χ3n) is 2.43. The van der Waals surface area contributed by atoms with Crippen molar-refractivity contribution in [3.63, 3.8) is 0 Å². The molecule has 0 fully saturated rings. The van der Waals surface area contributed by atoms with Crippen molar-refractivity contribution < 1.29 is 14.7 Å². The maximum absolute atomic E-state index is 11.9. The number of carboxylic acids is 1. The highest BCUT2D eigenvalue weighted by molar-refractivity contribution is 6.03. The second-order valence-corrected chi connectivity index (χ2v) is 3.87. The Hall–Kier alpha value is -3.03. The van der Waals surface area contributed by atoms with Crippen LogP contribution in [-0.4, -0.2) is 31.7 Å². The molecule has 0 aliphatic heterocycles. The molecule has 0 saturated carbocycles. The van der Waals surface area contributed by atoms with E-state index in [0.29, 0.717) is 0 Å². The first-order valence-electron chi connectivity index (χ1n) is 5.52. The molecule has 8 nitrogen and oxygen atoms in total. The molecule has 8 heteroatoms. The molecular weight excluding hydrogens is 264 g/mol. The normalized spacial score (nSPS) is 10.1. The van der Waals surface area contributed by atoms with Crippen molar-refractivity contribution in [2.45, 2.75) is 0 Å². The molecule has 0 atom stereocenters. The number of hydrogen-bond acceptors (Lipinski definition) is 5. The zero-order chi connectivity index (χ0) is 14.7. The summed E-state index contributed by atoms with van der Waals surface area (Å²) in [5.41, 5.74) is -0.200. The second kappa shape index (κ2) is 5.31. The van der Waals surface area contributed by atoms with Crippen LogP contribution in [0.5, 0.6) is 0 Å². The van der Waals surface area contributed by atoms with Gasteiger partial charge in [-0.2, -0.15) is 5.10 Å². The Labute approximate surface area is 112 Å². The summed E-state index contributed by atoms with van der Waals surface area (Å²) >= 11 is 0. The van der Waals surface area contributed by atoms with E-state index in [0.717, 1.165) is 4.68 Å². The smallest absolute Gasteiger partial charge is 0.354 e. The highest BCUT2D eigenvalue weighted by atomic mass is 16.4. The SMILES string of the molecule is Cn1nc(C(=O)Nc2ccnc(C(=O)O)c2)ccc1=O. The lowest BCUT2D eigenvalue weighted by atomic mass is 10.3. The number of rotatable bonds is 3. The number of carboxylic acid groups (broad SMARTS) is 1. The number of pyridine rings is 1. The third-order valence-corrected chi connectivity index (χ3v) is 2.43. The molecule has 0 bridgehead atoms. The number of hydrogen-bond donors (Lipinski definition) is 2. The first-order chi connectivity index (χ1) is 9.47. The van der Waals surface area contributed by atoms with Crippen molar-refractivity contribution in [1.29, 1.82) is 0 Å². The summed E-state index contributed by atoms with van der Waals surface area (Å²) in [7, 11) is 1.42. The van der Waals surface area contributed by atoms with E-state index in [1.807, 2.05) is 0 Å². The monoisotopic (exact) mass is 274 g/mol. The summed E-state index contributed by atoms with van der Waals surface area (Å²) in [6.07, 6.45) is 1.27. The van der Waals surface area contributed by atoms with Gasteiger partial charge in [0.25, 0.3) is 11.5 Å². The first-order valence-corrected chi connectivity index (χ1v) is 5.52. The molecule has 2 heterocycles. The highest BCUT2D eigenvalue weighted by Crippen LogP contribution is 2.09. The first kappa shape index (κ1) is 13.4. The molecule has 2 rings (SSSR count). The quantitative estimate of drug-likeness (QED) is 0.822. The summed E-state index contributed by atoms with van der Waals surface area (Å²) in [5, 5.41) is 15.1. The van der Waals surface area contributed by atoms with Gasteiger partial charge in [0.15, 0.2) is 0 Å². The number of aryl methyl sites for hydroxylation is 1. The number of aromatic carboxylic acids is 1. The van der Waals surface area contributed by atoms with Crippen LogP contribution >= 0.6 is 0 Å². The lowest BCUT2D eigenvalue weighted by Gasteiger charge is -2.05. The largest absolute Gasteiger partial charge is 0.477 e. The molecular formula is C12H10N4O4. The standard InChI is InChI=1S/C12H10N4O4/c1-16-10(17)3-2-8(15-16)11(18)14-7-4-5-13-9(6-7)12(19)20/h2-6H,1H3,(H,19,20)(H,13,14,18). The van der Waals surface area contributed by atoms with Crippen molar-refractivity contribution in [3.05, 3.63) is 52.2 Å². The van der Waals surface area contributed by atoms with Crippen molar-refractivity contribution >= 4 is 17.6 Å². The number of anilines is 1. The summed E-state index contributed by atoms with van der Waals surface area (Å²) in [5.74, 6) is -1.75. The van der Waals surface area contributed by atoms with Crippen LogP contribution in [0.1, 0.15) is 21.0 Å². The Morgan fingerprint density at radius 1 is 1.25 bits per heavy atom. The van der Waals surface area contributed by atoms with Crippen LogP contribution in [0.3, 0.4) is 0 Å².